The lowest BCUT2D eigenvalue weighted by Gasteiger charge is -2.43. The Labute approximate surface area is 136 Å². The number of rotatable bonds is 6. The number of ether oxygens (including phenoxy) is 2. The molecule has 0 saturated heterocycles. The molecule has 0 atom stereocenters. The van der Waals surface area contributed by atoms with Crippen molar-refractivity contribution in [1.82, 2.24) is 5.32 Å². The first-order valence-corrected chi connectivity index (χ1v) is 8.40. The predicted octanol–water partition coefficient (Wildman–Crippen LogP) is 4.54. The van der Waals surface area contributed by atoms with E-state index in [0.29, 0.717) is 0 Å². The van der Waals surface area contributed by atoms with Gasteiger partial charge in [-0.3, -0.25) is 0 Å². The van der Waals surface area contributed by atoms with Crippen molar-refractivity contribution < 1.29 is 9.47 Å². The molecule has 1 aromatic rings. The molecule has 1 aliphatic rings. The summed E-state index contributed by atoms with van der Waals surface area (Å²) in [5.41, 5.74) is 0.154. The van der Waals surface area contributed by atoms with Gasteiger partial charge in [0.05, 0.1) is 11.6 Å². The number of benzene rings is 1. The Morgan fingerprint density at radius 1 is 1.29 bits per heavy atom. The molecule has 0 unspecified atom stereocenters. The molecule has 0 heterocycles. The van der Waals surface area contributed by atoms with Crippen LogP contribution in [-0.2, 0) is 0 Å². The minimum Gasteiger partial charge on any atom is -0.497 e. The van der Waals surface area contributed by atoms with Gasteiger partial charge in [-0.15, -0.1) is 0 Å². The van der Waals surface area contributed by atoms with Crippen molar-refractivity contribution in [2.75, 3.05) is 13.7 Å². The zero-order chi connectivity index (χ0) is 15.5. The minimum atomic E-state index is -0.00460. The fourth-order valence-corrected chi connectivity index (χ4v) is 3.00. The molecular weight excluding hydrogens is 330 g/mol. The summed E-state index contributed by atoms with van der Waals surface area (Å²) in [6.07, 6.45) is 4.57. The van der Waals surface area contributed by atoms with E-state index < -0.39 is 0 Å². The molecule has 1 aromatic carbocycles. The molecule has 118 valence electrons. The van der Waals surface area contributed by atoms with Gasteiger partial charge in [0.25, 0.3) is 0 Å². The second-order valence-electron chi connectivity index (χ2n) is 6.86. The van der Waals surface area contributed by atoms with Crippen LogP contribution in [0.2, 0.25) is 0 Å². The highest BCUT2D eigenvalue weighted by Gasteiger charge is 2.39. The Morgan fingerprint density at radius 2 is 2.00 bits per heavy atom. The molecule has 0 spiro atoms. The average Bonchev–Trinajstić information content (AvgIpc) is 2.36. The summed E-state index contributed by atoms with van der Waals surface area (Å²) in [6, 6.07) is 5.88. The standard InChI is InChI=1S/C17H26BrNO2/c1-16(2,3)19-11-10-17(8-5-9-17)21-15-7-6-13(20-4)12-14(15)18/h6-7,12,19H,5,8-11H2,1-4H3. The third kappa shape index (κ3) is 4.62. The Bertz CT molecular complexity index is 478. The fourth-order valence-electron chi connectivity index (χ4n) is 2.56. The second-order valence-corrected chi connectivity index (χ2v) is 7.72. The first kappa shape index (κ1) is 16.6. The largest absolute Gasteiger partial charge is 0.497 e. The van der Waals surface area contributed by atoms with Crippen LogP contribution < -0.4 is 14.8 Å². The SMILES string of the molecule is COc1ccc(OC2(CCNC(C)(C)C)CCC2)c(Br)c1. The van der Waals surface area contributed by atoms with Crippen LogP contribution in [0.1, 0.15) is 46.5 Å². The van der Waals surface area contributed by atoms with E-state index >= 15 is 0 Å². The first-order chi connectivity index (χ1) is 9.84. The number of nitrogens with one attached hydrogen (secondary N) is 1. The molecule has 3 nitrogen and oxygen atoms in total. The third-order valence-corrected chi connectivity index (χ3v) is 4.59. The van der Waals surface area contributed by atoms with Crippen LogP contribution in [-0.4, -0.2) is 24.8 Å². The lowest BCUT2D eigenvalue weighted by Crippen LogP contribution is -2.47. The van der Waals surface area contributed by atoms with E-state index in [0.717, 1.165) is 41.8 Å². The second kappa shape index (κ2) is 6.57. The van der Waals surface area contributed by atoms with Gasteiger partial charge in [0.1, 0.15) is 17.1 Å². The number of hydrogen-bond acceptors (Lipinski definition) is 3. The summed E-state index contributed by atoms with van der Waals surface area (Å²) >= 11 is 3.57. The lowest BCUT2D eigenvalue weighted by atomic mass is 9.77. The highest BCUT2D eigenvalue weighted by Crippen LogP contribution is 2.41. The fraction of sp³-hybridized carbons (Fsp3) is 0.647. The maximum atomic E-state index is 6.34. The van der Waals surface area contributed by atoms with Crippen molar-refractivity contribution in [1.29, 1.82) is 0 Å². The van der Waals surface area contributed by atoms with Crippen molar-refractivity contribution in [2.24, 2.45) is 0 Å². The summed E-state index contributed by atoms with van der Waals surface area (Å²) in [5.74, 6) is 1.75. The van der Waals surface area contributed by atoms with Gasteiger partial charge in [-0.2, -0.15) is 0 Å². The normalized spacial score (nSPS) is 17.2. The maximum absolute atomic E-state index is 6.34. The van der Waals surface area contributed by atoms with Crippen molar-refractivity contribution in [3.05, 3.63) is 22.7 Å². The molecule has 2 rings (SSSR count). The van der Waals surface area contributed by atoms with E-state index in [2.05, 4.69) is 42.0 Å². The van der Waals surface area contributed by atoms with Crippen LogP contribution >= 0.6 is 15.9 Å². The lowest BCUT2D eigenvalue weighted by molar-refractivity contribution is -0.0158. The van der Waals surface area contributed by atoms with E-state index in [-0.39, 0.29) is 11.1 Å². The zero-order valence-electron chi connectivity index (χ0n) is 13.5. The first-order valence-electron chi connectivity index (χ1n) is 7.61. The minimum absolute atomic E-state index is 0.00460. The third-order valence-electron chi connectivity index (χ3n) is 3.97. The van der Waals surface area contributed by atoms with Crippen LogP contribution in [0.3, 0.4) is 0 Å². The number of methoxy groups -OCH3 is 1. The van der Waals surface area contributed by atoms with Crippen LogP contribution in [0.15, 0.2) is 22.7 Å². The quantitative estimate of drug-likeness (QED) is 0.812. The van der Waals surface area contributed by atoms with Gasteiger partial charge in [0.2, 0.25) is 0 Å². The molecule has 0 aliphatic heterocycles. The summed E-state index contributed by atoms with van der Waals surface area (Å²) in [6.45, 7) is 7.57. The molecule has 1 N–H and O–H groups in total. The molecule has 4 heteroatoms. The van der Waals surface area contributed by atoms with Gasteiger partial charge in [-0.05, 0) is 87.1 Å². The van der Waals surface area contributed by atoms with Gasteiger partial charge in [-0.1, -0.05) is 0 Å². The van der Waals surface area contributed by atoms with E-state index in [1.807, 2.05) is 18.2 Å². The van der Waals surface area contributed by atoms with E-state index in [1.165, 1.54) is 6.42 Å². The van der Waals surface area contributed by atoms with Crippen LogP contribution in [0.5, 0.6) is 11.5 Å². The summed E-state index contributed by atoms with van der Waals surface area (Å²) in [7, 11) is 1.67. The van der Waals surface area contributed by atoms with E-state index in [9.17, 15) is 0 Å². The summed E-state index contributed by atoms with van der Waals surface area (Å²) < 4.78 is 12.5. The molecule has 21 heavy (non-hydrogen) atoms. The molecule has 0 bridgehead atoms. The van der Waals surface area contributed by atoms with Gasteiger partial charge in [0.15, 0.2) is 0 Å². The summed E-state index contributed by atoms with van der Waals surface area (Å²) in [5, 5.41) is 3.55. The van der Waals surface area contributed by atoms with Gasteiger partial charge < -0.3 is 14.8 Å². The Morgan fingerprint density at radius 3 is 2.48 bits per heavy atom. The van der Waals surface area contributed by atoms with Crippen LogP contribution in [0, 0.1) is 0 Å². The molecule has 0 aromatic heterocycles. The van der Waals surface area contributed by atoms with Gasteiger partial charge in [-0.25, -0.2) is 0 Å². The Kier molecular flexibility index (Phi) is 5.20. The zero-order valence-corrected chi connectivity index (χ0v) is 15.0. The number of halogens is 1. The van der Waals surface area contributed by atoms with E-state index in [1.54, 1.807) is 7.11 Å². The van der Waals surface area contributed by atoms with Crippen molar-refractivity contribution in [2.45, 2.75) is 57.6 Å². The summed E-state index contributed by atoms with van der Waals surface area (Å²) in [4.78, 5) is 0. The van der Waals surface area contributed by atoms with Crippen LogP contribution in [0.4, 0.5) is 0 Å². The molecule has 1 aliphatic carbocycles. The van der Waals surface area contributed by atoms with Crippen LogP contribution in [0.25, 0.3) is 0 Å². The van der Waals surface area contributed by atoms with Crippen molar-refractivity contribution in [3.8, 4) is 11.5 Å². The van der Waals surface area contributed by atoms with E-state index in [4.69, 9.17) is 9.47 Å². The topological polar surface area (TPSA) is 30.5 Å². The molecule has 0 radical (unpaired) electrons. The maximum Gasteiger partial charge on any atom is 0.134 e. The smallest absolute Gasteiger partial charge is 0.134 e. The monoisotopic (exact) mass is 355 g/mol. The average molecular weight is 356 g/mol. The molecule has 0 amide bonds. The highest BCUT2D eigenvalue weighted by atomic mass is 79.9. The highest BCUT2D eigenvalue weighted by molar-refractivity contribution is 9.10. The predicted molar refractivity (Wildman–Crippen MR) is 90.3 cm³/mol. The van der Waals surface area contributed by atoms with Gasteiger partial charge in [0, 0.05) is 5.54 Å². The van der Waals surface area contributed by atoms with Gasteiger partial charge >= 0.3 is 0 Å². The van der Waals surface area contributed by atoms with Crippen molar-refractivity contribution >= 4 is 15.9 Å². The molecule has 1 saturated carbocycles. The Balaban J connectivity index is 1.98. The molecular formula is C17H26BrNO2. The molecule has 1 fully saturated rings. The Hall–Kier alpha value is -0.740. The van der Waals surface area contributed by atoms with Crippen molar-refractivity contribution in [3.63, 3.8) is 0 Å². The number of hydrogen-bond donors (Lipinski definition) is 1.